The Morgan fingerprint density at radius 2 is 2.07 bits per heavy atom. The van der Waals surface area contributed by atoms with Gasteiger partial charge in [-0.3, -0.25) is 0 Å². The van der Waals surface area contributed by atoms with Gasteiger partial charge in [0, 0.05) is 4.47 Å². The first-order chi connectivity index (χ1) is 6.78. The maximum Gasteiger partial charge on any atom is 0.224 e. The molecule has 0 aromatic heterocycles. The smallest absolute Gasteiger partial charge is 0.224 e. The zero-order chi connectivity index (χ0) is 10.0. The van der Waals surface area contributed by atoms with Crippen molar-refractivity contribution in [2.45, 2.75) is 24.7 Å². The second-order valence-corrected chi connectivity index (χ2v) is 4.78. The highest BCUT2D eigenvalue weighted by Gasteiger charge is 2.42. The first kappa shape index (κ1) is 9.73. The highest BCUT2D eigenvalue weighted by Crippen LogP contribution is 2.46. The molecule has 1 fully saturated rings. The summed E-state index contributed by atoms with van der Waals surface area (Å²) in [7, 11) is 0. The molecule has 14 heavy (non-hydrogen) atoms. The molecule has 0 N–H and O–H groups in total. The molecule has 72 valence electrons. The molecule has 1 saturated carbocycles. The number of hydrogen-bond donors (Lipinski definition) is 0. The average molecular weight is 250 g/mol. The van der Waals surface area contributed by atoms with Gasteiger partial charge in [-0.15, -0.1) is 0 Å². The molecular formula is C12H12BrN. The van der Waals surface area contributed by atoms with Gasteiger partial charge in [0.1, 0.15) is 0 Å². The molecule has 0 spiro atoms. The second kappa shape index (κ2) is 3.74. The zero-order valence-electron chi connectivity index (χ0n) is 7.96. The summed E-state index contributed by atoms with van der Waals surface area (Å²) in [6.45, 7) is 7.66. The molecule has 0 saturated heterocycles. The van der Waals surface area contributed by atoms with Crippen molar-refractivity contribution in [1.82, 2.24) is 0 Å². The Hall–Kier alpha value is -0.810. The van der Waals surface area contributed by atoms with Crippen LogP contribution in [0.25, 0.3) is 4.85 Å². The number of nitrogens with zero attached hydrogens (tertiary/aromatic N) is 1. The Morgan fingerprint density at radius 3 is 2.57 bits per heavy atom. The molecule has 2 heteroatoms. The summed E-state index contributed by atoms with van der Waals surface area (Å²) in [5.74, 6) is 0. The third-order valence-electron chi connectivity index (χ3n) is 3.14. The number of rotatable bonds is 2. The van der Waals surface area contributed by atoms with Crippen molar-refractivity contribution in [3.05, 3.63) is 45.7 Å². The van der Waals surface area contributed by atoms with E-state index in [1.807, 2.05) is 6.07 Å². The molecule has 0 bridgehead atoms. The lowest BCUT2D eigenvalue weighted by Gasteiger charge is -2.38. The van der Waals surface area contributed by atoms with Gasteiger partial charge in [0.05, 0.1) is 5.41 Å². The van der Waals surface area contributed by atoms with Crippen LogP contribution in [-0.2, 0) is 5.41 Å². The van der Waals surface area contributed by atoms with Crippen LogP contribution in [0, 0.1) is 6.57 Å². The summed E-state index contributed by atoms with van der Waals surface area (Å²) >= 11 is 3.57. The van der Waals surface area contributed by atoms with Crippen molar-refractivity contribution >= 4 is 15.9 Å². The summed E-state index contributed by atoms with van der Waals surface area (Å²) in [6, 6.07) is 8.30. The van der Waals surface area contributed by atoms with Crippen LogP contribution in [0.1, 0.15) is 24.8 Å². The van der Waals surface area contributed by atoms with Crippen molar-refractivity contribution in [2.75, 3.05) is 6.54 Å². The molecule has 2 rings (SSSR count). The highest BCUT2D eigenvalue weighted by molar-refractivity contribution is 9.10. The second-order valence-electron chi connectivity index (χ2n) is 3.93. The van der Waals surface area contributed by atoms with E-state index < -0.39 is 0 Å². The van der Waals surface area contributed by atoms with Crippen LogP contribution in [0.15, 0.2) is 28.7 Å². The van der Waals surface area contributed by atoms with Crippen LogP contribution in [0.4, 0.5) is 0 Å². The molecule has 1 aromatic rings. The van der Waals surface area contributed by atoms with E-state index in [2.05, 4.69) is 39.0 Å². The van der Waals surface area contributed by atoms with E-state index in [1.54, 1.807) is 0 Å². The van der Waals surface area contributed by atoms with Gasteiger partial charge < -0.3 is 4.85 Å². The fourth-order valence-corrected chi connectivity index (χ4v) is 2.86. The summed E-state index contributed by atoms with van der Waals surface area (Å²) in [5, 5.41) is 0. The standard InChI is InChI=1S/C12H12BrN/c1-14-9-12(7-4-8-12)10-5-2-3-6-11(10)13/h2-3,5-6H,4,7-9H2. The monoisotopic (exact) mass is 249 g/mol. The Kier molecular flexibility index (Phi) is 2.60. The van der Waals surface area contributed by atoms with Crippen LogP contribution < -0.4 is 0 Å². The van der Waals surface area contributed by atoms with Crippen molar-refractivity contribution in [3.63, 3.8) is 0 Å². The van der Waals surface area contributed by atoms with Gasteiger partial charge in [-0.25, -0.2) is 6.57 Å². The molecule has 0 heterocycles. The minimum Gasteiger partial charge on any atom is -0.316 e. The molecule has 1 aromatic carbocycles. The van der Waals surface area contributed by atoms with Crippen LogP contribution in [-0.4, -0.2) is 6.54 Å². The third kappa shape index (κ3) is 1.46. The van der Waals surface area contributed by atoms with E-state index >= 15 is 0 Å². The van der Waals surface area contributed by atoms with Gasteiger partial charge in [0.25, 0.3) is 0 Å². The molecule has 0 unspecified atom stereocenters. The van der Waals surface area contributed by atoms with Gasteiger partial charge in [0.2, 0.25) is 6.54 Å². The fraction of sp³-hybridized carbons (Fsp3) is 0.417. The minimum absolute atomic E-state index is 0.155. The molecular weight excluding hydrogens is 238 g/mol. The average Bonchev–Trinajstić information content (AvgIpc) is 2.13. The Labute approximate surface area is 93.1 Å². The highest BCUT2D eigenvalue weighted by atomic mass is 79.9. The Bertz CT molecular complexity index is 374. The predicted octanol–water partition coefficient (Wildman–Crippen LogP) is 3.79. The van der Waals surface area contributed by atoms with E-state index in [0.29, 0.717) is 6.54 Å². The molecule has 0 amide bonds. The lowest BCUT2D eigenvalue weighted by molar-refractivity contribution is 0.265. The van der Waals surface area contributed by atoms with Gasteiger partial charge in [-0.2, -0.15) is 0 Å². The van der Waals surface area contributed by atoms with Crippen LogP contribution in [0.2, 0.25) is 0 Å². The molecule has 1 aliphatic carbocycles. The van der Waals surface area contributed by atoms with E-state index in [-0.39, 0.29) is 5.41 Å². The van der Waals surface area contributed by atoms with Gasteiger partial charge in [-0.1, -0.05) is 40.5 Å². The molecule has 1 nitrogen and oxygen atoms in total. The SMILES string of the molecule is [C-]#[N+]CC1(c2ccccc2Br)CCC1. The zero-order valence-corrected chi connectivity index (χ0v) is 9.55. The maximum absolute atomic E-state index is 7.02. The van der Waals surface area contributed by atoms with Crippen molar-refractivity contribution in [1.29, 1.82) is 0 Å². The van der Waals surface area contributed by atoms with E-state index in [1.165, 1.54) is 12.0 Å². The van der Waals surface area contributed by atoms with E-state index in [9.17, 15) is 0 Å². The Balaban J connectivity index is 2.37. The molecule has 1 aliphatic rings. The van der Waals surface area contributed by atoms with Gasteiger partial charge in [0.15, 0.2) is 0 Å². The predicted molar refractivity (Wildman–Crippen MR) is 61.1 cm³/mol. The normalized spacial score (nSPS) is 18.3. The molecule has 0 atom stereocenters. The summed E-state index contributed by atoms with van der Waals surface area (Å²) < 4.78 is 1.16. The number of halogens is 1. The lowest BCUT2D eigenvalue weighted by Crippen LogP contribution is -2.37. The first-order valence-corrected chi connectivity index (χ1v) is 5.66. The van der Waals surface area contributed by atoms with Gasteiger partial charge in [-0.05, 0) is 24.5 Å². The van der Waals surface area contributed by atoms with Crippen LogP contribution in [0.5, 0.6) is 0 Å². The summed E-state index contributed by atoms with van der Waals surface area (Å²) in [4.78, 5) is 3.58. The van der Waals surface area contributed by atoms with Crippen molar-refractivity contribution < 1.29 is 0 Å². The lowest BCUT2D eigenvalue weighted by atomic mass is 9.64. The van der Waals surface area contributed by atoms with Gasteiger partial charge >= 0.3 is 0 Å². The van der Waals surface area contributed by atoms with Crippen molar-refractivity contribution in [2.24, 2.45) is 0 Å². The molecule has 0 aliphatic heterocycles. The number of hydrogen-bond acceptors (Lipinski definition) is 0. The topological polar surface area (TPSA) is 4.36 Å². The van der Waals surface area contributed by atoms with Crippen molar-refractivity contribution in [3.8, 4) is 0 Å². The largest absolute Gasteiger partial charge is 0.316 e. The first-order valence-electron chi connectivity index (χ1n) is 4.87. The number of benzene rings is 1. The van der Waals surface area contributed by atoms with E-state index in [0.717, 1.165) is 17.3 Å². The van der Waals surface area contributed by atoms with Crippen LogP contribution >= 0.6 is 15.9 Å². The fourth-order valence-electron chi connectivity index (χ4n) is 2.16. The minimum atomic E-state index is 0.155. The quantitative estimate of drug-likeness (QED) is 0.703. The summed E-state index contributed by atoms with van der Waals surface area (Å²) in [5.41, 5.74) is 1.48. The summed E-state index contributed by atoms with van der Waals surface area (Å²) in [6.07, 6.45) is 3.59. The van der Waals surface area contributed by atoms with E-state index in [4.69, 9.17) is 6.57 Å². The maximum atomic E-state index is 7.02. The molecule has 0 radical (unpaired) electrons. The Morgan fingerprint density at radius 1 is 1.36 bits per heavy atom. The van der Waals surface area contributed by atoms with Crippen LogP contribution in [0.3, 0.4) is 0 Å². The third-order valence-corrected chi connectivity index (χ3v) is 3.83.